The van der Waals surface area contributed by atoms with Crippen molar-refractivity contribution in [3.8, 4) is 0 Å². The van der Waals surface area contributed by atoms with Crippen molar-refractivity contribution in [3.63, 3.8) is 0 Å². The zero-order chi connectivity index (χ0) is 71.4. The summed E-state index contributed by atoms with van der Waals surface area (Å²) < 4.78 is 21.1. The van der Waals surface area contributed by atoms with Crippen molar-refractivity contribution < 1.29 is 71.7 Å². The largest absolute Gasteiger partial charge is 0.467 e. The normalized spacial score (nSPS) is 14.0. The van der Waals surface area contributed by atoms with Crippen molar-refractivity contribution in [2.24, 2.45) is 35.5 Å². The Hall–Kier alpha value is -7.99. The van der Waals surface area contributed by atoms with Crippen LogP contribution in [-0.4, -0.2) is 140 Å². The van der Waals surface area contributed by atoms with Gasteiger partial charge in [-0.1, -0.05) is 144 Å². The minimum Gasteiger partial charge on any atom is -0.467 e. The van der Waals surface area contributed by atoms with Gasteiger partial charge in [0.05, 0.1) is 7.11 Å². The lowest BCUT2D eigenvalue weighted by molar-refractivity contribution is -0.146. The second kappa shape index (κ2) is 43.9. The van der Waals surface area contributed by atoms with Gasteiger partial charge in [-0.25, -0.2) is 19.2 Å². The van der Waals surface area contributed by atoms with Crippen LogP contribution in [-0.2, 0) is 70.5 Å². The van der Waals surface area contributed by atoms with E-state index < -0.39 is 120 Å². The van der Waals surface area contributed by atoms with Crippen LogP contribution >= 0.6 is 0 Å². The zero-order valence-corrected chi connectivity index (χ0v) is 59.3. The van der Waals surface area contributed by atoms with Crippen molar-refractivity contribution >= 4 is 65.6 Å². The summed E-state index contributed by atoms with van der Waals surface area (Å²) in [5, 5.41) is 27.8. The van der Waals surface area contributed by atoms with Gasteiger partial charge in [0.1, 0.15) is 67.1 Å². The fraction of sp³-hybridized carbons (Fsp3) is 0.671. The van der Waals surface area contributed by atoms with Crippen LogP contribution in [0.1, 0.15) is 192 Å². The molecule has 0 unspecified atom stereocenters. The minimum atomic E-state index is -1.27. The van der Waals surface area contributed by atoms with E-state index in [-0.39, 0.29) is 113 Å². The van der Waals surface area contributed by atoms with Gasteiger partial charge in [-0.2, -0.15) is 0 Å². The van der Waals surface area contributed by atoms with E-state index >= 15 is 0 Å². The minimum absolute atomic E-state index is 0.00194. The van der Waals surface area contributed by atoms with Gasteiger partial charge < -0.3 is 72.1 Å². The van der Waals surface area contributed by atoms with Crippen molar-refractivity contribution in [1.29, 1.82) is 0 Å². The highest BCUT2D eigenvalue weighted by Crippen LogP contribution is 2.17. The van der Waals surface area contributed by atoms with E-state index in [1.807, 2.05) is 144 Å². The molecular formula is C70H114N10O15. The topological polar surface area (TPSA) is 345 Å². The summed E-state index contributed by atoms with van der Waals surface area (Å²) in [6.07, 6.45) is 0.314. The molecular weight excluding hydrogens is 1220 g/mol. The second-order valence-corrected chi connectivity index (χ2v) is 27.9. The monoisotopic (exact) mass is 1330 g/mol. The number of methoxy groups -OCH3 is 1. The van der Waals surface area contributed by atoms with E-state index in [0.29, 0.717) is 25.7 Å². The highest BCUT2D eigenvalue weighted by molar-refractivity contribution is 5.98. The summed E-state index contributed by atoms with van der Waals surface area (Å²) in [6, 6.07) is 8.88. The Kier molecular flexibility index (Phi) is 38.4. The standard InChI is InChI=1S/C70H114N10O15/c1-43(2)35-53(61(83)73-51(31-23-25-33-71-67(89)93-41-49-27-19-17-20-28-49)59(81)74-57(39-47(9)10)65(87)79-58(40-48(11)12)66(88)92-16)76-63(85)55(37-45(5)6)78-64(86)56(38-46(7)8)77-62(84)54(36-44(3)4)75-60(82)52(80-69(91)95-70(13,14)15)32-24-26-34-72-68(90)94-42-50-29-21-18-22-30-50/h17-22,27-30,43-48,51-58H,23-26,31-42H2,1-16H3,(H,71,89)(H,72,90)(H,73,83)(H,74,81)(H,75,82)(H,76,85)(H,77,84)(H,78,86)(H,79,87)(H,80,91)/t51-,52-,53-,54-,55-,56-,57-,58-/m0/s1. The van der Waals surface area contributed by atoms with Gasteiger partial charge in [0.15, 0.2) is 0 Å². The van der Waals surface area contributed by atoms with Gasteiger partial charge in [0.2, 0.25) is 41.4 Å². The molecule has 0 aliphatic rings. The average molecular weight is 1340 g/mol. The number of esters is 1. The zero-order valence-electron chi connectivity index (χ0n) is 59.3. The Labute approximate surface area is 563 Å². The first kappa shape index (κ1) is 83.1. The third-order valence-electron chi connectivity index (χ3n) is 14.7. The van der Waals surface area contributed by atoms with Crippen molar-refractivity contribution in [1.82, 2.24) is 53.2 Å². The molecule has 8 atom stereocenters. The molecule has 10 N–H and O–H groups in total. The first-order valence-corrected chi connectivity index (χ1v) is 33.7. The lowest BCUT2D eigenvalue weighted by Gasteiger charge is -2.30. The number of hydrogen-bond donors (Lipinski definition) is 10. The number of benzene rings is 2. The van der Waals surface area contributed by atoms with Crippen LogP contribution < -0.4 is 53.2 Å². The molecule has 0 aliphatic heterocycles. The van der Waals surface area contributed by atoms with Gasteiger partial charge in [-0.3, -0.25) is 33.6 Å². The lowest BCUT2D eigenvalue weighted by Crippen LogP contribution is -2.60. The third-order valence-corrected chi connectivity index (χ3v) is 14.7. The predicted molar refractivity (Wildman–Crippen MR) is 362 cm³/mol. The molecule has 10 amide bonds. The summed E-state index contributed by atoms with van der Waals surface area (Å²) in [6.45, 7) is 27.9. The predicted octanol–water partition coefficient (Wildman–Crippen LogP) is 7.92. The van der Waals surface area contributed by atoms with E-state index in [4.69, 9.17) is 18.9 Å². The number of rotatable bonds is 42. The number of ether oxygens (including phenoxy) is 4. The van der Waals surface area contributed by atoms with Crippen molar-refractivity contribution in [2.75, 3.05) is 20.2 Å². The van der Waals surface area contributed by atoms with E-state index in [9.17, 15) is 52.7 Å². The van der Waals surface area contributed by atoms with Crippen LogP contribution in [0.2, 0.25) is 0 Å². The first-order chi connectivity index (χ1) is 44.7. The molecule has 2 aromatic rings. The van der Waals surface area contributed by atoms with Gasteiger partial charge in [0, 0.05) is 13.1 Å². The number of hydrogen-bond acceptors (Lipinski definition) is 15. The Morgan fingerprint density at radius 3 is 0.895 bits per heavy atom. The van der Waals surface area contributed by atoms with Crippen molar-refractivity contribution in [3.05, 3.63) is 71.8 Å². The maximum Gasteiger partial charge on any atom is 0.408 e. The summed E-state index contributed by atoms with van der Waals surface area (Å²) in [4.78, 5) is 152. The van der Waals surface area contributed by atoms with Crippen LogP contribution in [0, 0.1) is 35.5 Å². The Morgan fingerprint density at radius 1 is 0.347 bits per heavy atom. The second-order valence-electron chi connectivity index (χ2n) is 27.9. The van der Waals surface area contributed by atoms with Crippen LogP contribution in [0.4, 0.5) is 14.4 Å². The smallest absolute Gasteiger partial charge is 0.408 e. The molecule has 0 saturated carbocycles. The van der Waals surface area contributed by atoms with Crippen LogP contribution in [0.15, 0.2) is 60.7 Å². The Bertz CT molecular complexity index is 2700. The number of nitrogens with one attached hydrogen (secondary N) is 10. The molecule has 0 heterocycles. The first-order valence-electron chi connectivity index (χ1n) is 33.7. The summed E-state index contributed by atoms with van der Waals surface area (Å²) >= 11 is 0. The molecule has 0 radical (unpaired) electrons. The fourth-order valence-corrected chi connectivity index (χ4v) is 10.1. The SMILES string of the molecule is COC(=O)[C@H](CC(C)C)NC(=O)[C@H](CC(C)C)NC(=O)[C@H](CCCCNC(=O)OCc1ccccc1)NC(=O)[C@H](CC(C)C)NC(=O)[C@H](CC(C)C)NC(=O)[C@H](CC(C)C)NC(=O)[C@H](CC(C)C)NC(=O)[C@H](CCCCNC(=O)OCc1ccccc1)NC(=O)OC(C)(C)C. The third kappa shape index (κ3) is 36.5. The Balaban J connectivity index is 2.42. The molecule has 25 nitrogen and oxygen atoms in total. The van der Waals surface area contributed by atoms with Gasteiger partial charge in [-0.05, 0) is 144 Å². The molecule has 2 aromatic carbocycles. The molecule has 25 heteroatoms. The molecule has 534 valence electrons. The van der Waals surface area contributed by atoms with Gasteiger partial charge >= 0.3 is 24.2 Å². The maximum atomic E-state index is 14.7. The number of alkyl carbamates (subject to hydrolysis) is 3. The van der Waals surface area contributed by atoms with Crippen LogP contribution in [0.5, 0.6) is 0 Å². The van der Waals surface area contributed by atoms with Crippen LogP contribution in [0.3, 0.4) is 0 Å². The van der Waals surface area contributed by atoms with E-state index in [0.717, 1.165) is 11.1 Å². The lowest BCUT2D eigenvalue weighted by atomic mass is 9.97. The highest BCUT2D eigenvalue weighted by atomic mass is 16.6. The average Bonchev–Trinajstić information content (AvgIpc) is 2.33. The van der Waals surface area contributed by atoms with Crippen LogP contribution in [0.25, 0.3) is 0 Å². The summed E-state index contributed by atoms with van der Waals surface area (Å²) in [5.41, 5.74) is 0.724. The number of amides is 10. The van der Waals surface area contributed by atoms with E-state index in [1.165, 1.54) is 7.11 Å². The molecule has 0 bridgehead atoms. The summed E-state index contributed by atoms with van der Waals surface area (Å²) in [5.74, 6) is -6.27. The van der Waals surface area contributed by atoms with E-state index in [1.54, 1.807) is 20.8 Å². The molecule has 95 heavy (non-hydrogen) atoms. The molecule has 2 rings (SSSR count). The van der Waals surface area contributed by atoms with Gasteiger partial charge in [0.25, 0.3) is 0 Å². The maximum absolute atomic E-state index is 14.7. The molecule has 0 spiro atoms. The Morgan fingerprint density at radius 2 is 0.611 bits per heavy atom. The quantitative estimate of drug-likeness (QED) is 0.0171. The number of carbonyl (C=O) groups excluding carboxylic acids is 11. The molecule has 0 fully saturated rings. The van der Waals surface area contributed by atoms with E-state index in [2.05, 4.69) is 53.2 Å². The molecule has 0 aliphatic carbocycles. The summed E-state index contributed by atoms with van der Waals surface area (Å²) in [7, 11) is 1.22. The number of unbranched alkanes of at least 4 members (excludes halogenated alkanes) is 2. The van der Waals surface area contributed by atoms with Crippen molar-refractivity contribution in [2.45, 2.75) is 248 Å². The molecule has 0 saturated heterocycles. The highest BCUT2D eigenvalue weighted by Gasteiger charge is 2.36. The number of carbonyl (C=O) groups is 11. The molecule has 0 aromatic heterocycles. The van der Waals surface area contributed by atoms with Gasteiger partial charge in [-0.15, -0.1) is 0 Å². The fourth-order valence-electron chi connectivity index (χ4n) is 10.1.